The van der Waals surface area contributed by atoms with E-state index in [4.69, 9.17) is 0 Å². The minimum atomic E-state index is -3.01. The number of hydrogen-bond donors (Lipinski definition) is 3. The van der Waals surface area contributed by atoms with E-state index < -0.39 is 9.84 Å². The molecule has 1 aromatic carbocycles. The molecule has 0 unspecified atom stereocenters. The first-order chi connectivity index (χ1) is 12.4. The molecule has 26 heavy (non-hydrogen) atoms. The number of rotatable bonds is 7. The van der Waals surface area contributed by atoms with E-state index in [0.29, 0.717) is 12.8 Å². The van der Waals surface area contributed by atoms with Crippen LogP contribution in [0.4, 0.5) is 0 Å². The number of imidazole rings is 1. The Morgan fingerprint density at radius 2 is 2.00 bits per heavy atom. The highest BCUT2D eigenvalue weighted by Gasteiger charge is 2.28. The van der Waals surface area contributed by atoms with Crippen molar-refractivity contribution < 1.29 is 18.0 Å². The number of carbonyl (C=O) groups excluding carboxylic acids is 2. The van der Waals surface area contributed by atoms with Gasteiger partial charge >= 0.3 is 0 Å². The number of hydrogen-bond acceptors (Lipinski definition) is 5. The van der Waals surface area contributed by atoms with Gasteiger partial charge in [0.2, 0.25) is 11.8 Å². The monoisotopic (exact) mass is 378 g/mol. The molecule has 0 spiro atoms. The largest absolute Gasteiger partial charge is 0.356 e. The molecule has 1 aliphatic rings. The fraction of sp³-hybridized carbons (Fsp3) is 0.471. The number of aromatic nitrogens is 2. The maximum absolute atomic E-state index is 11.9. The van der Waals surface area contributed by atoms with E-state index >= 15 is 0 Å². The molecular weight excluding hydrogens is 356 g/mol. The molecule has 1 aromatic heterocycles. The summed E-state index contributed by atoms with van der Waals surface area (Å²) in [6, 6.07) is 7.36. The molecule has 1 atom stereocenters. The first-order valence-corrected chi connectivity index (χ1v) is 10.4. The SMILES string of the molecule is O=C(CCc1nc2ccccc2[nH]1)NCCC(=O)N[C@H]1CCS(=O)(=O)C1. The third-order valence-corrected chi connectivity index (χ3v) is 6.07. The highest BCUT2D eigenvalue weighted by molar-refractivity contribution is 7.91. The van der Waals surface area contributed by atoms with Crippen LogP contribution < -0.4 is 10.6 Å². The molecule has 1 aliphatic heterocycles. The lowest BCUT2D eigenvalue weighted by Gasteiger charge is -2.11. The molecule has 0 saturated carbocycles. The summed E-state index contributed by atoms with van der Waals surface area (Å²) in [7, 11) is -3.01. The standard InChI is InChI=1S/C17H22N4O4S/c22-16(6-5-15-20-13-3-1-2-4-14(13)21-15)18-9-7-17(23)19-12-8-10-26(24,25)11-12/h1-4,12H,5-11H2,(H,18,22)(H,19,23)(H,20,21)/t12-/m0/s1. The van der Waals surface area contributed by atoms with E-state index in [-0.39, 0.29) is 48.7 Å². The van der Waals surface area contributed by atoms with Crippen LogP contribution in [0.1, 0.15) is 25.1 Å². The Morgan fingerprint density at radius 3 is 2.73 bits per heavy atom. The summed E-state index contributed by atoms with van der Waals surface area (Å²) >= 11 is 0. The number of aromatic amines is 1. The van der Waals surface area contributed by atoms with Gasteiger partial charge in [-0.15, -0.1) is 0 Å². The second kappa shape index (κ2) is 7.86. The fourth-order valence-corrected chi connectivity index (χ4v) is 4.64. The fourth-order valence-electron chi connectivity index (χ4n) is 2.97. The molecule has 0 radical (unpaired) electrons. The first-order valence-electron chi connectivity index (χ1n) is 8.61. The zero-order valence-electron chi connectivity index (χ0n) is 14.3. The van der Waals surface area contributed by atoms with Crippen LogP contribution in [-0.4, -0.2) is 54.3 Å². The number of carbonyl (C=O) groups is 2. The van der Waals surface area contributed by atoms with Gasteiger partial charge in [-0.25, -0.2) is 13.4 Å². The van der Waals surface area contributed by atoms with Crippen molar-refractivity contribution in [3.05, 3.63) is 30.1 Å². The van der Waals surface area contributed by atoms with Crippen LogP contribution in [0, 0.1) is 0 Å². The van der Waals surface area contributed by atoms with Crippen LogP contribution >= 0.6 is 0 Å². The summed E-state index contributed by atoms with van der Waals surface area (Å²) < 4.78 is 22.7. The summed E-state index contributed by atoms with van der Waals surface area (Å²) in [5.74, 6) is 0.479. The Balaban J connectivity index is 1.34. The van der Waals surface area contributed by atoms with Crippen LogP contribution in [0.3, 0.4) is 0 Å². The van der Waals surface area contributed by atoms with Gasteiger partial charge in [-0.3, -0.25) is 9.59 Å². The van der Waals surface area contributed by atoms with Gasteiger partial charge in [0, 0.05) is 31.8 Å². The first kappa shape index (κ1) is 18.4. The predicted molar refractivity (Wildman–Crippen MR) is 97.2 cm³/mol. The summed E-state index contributed by atoms with van der Waals surface area (Å²) in [6.45, 7) is 0.226. The Hall–Kier alpha value is -2.42. The van der Waals surface area contributed by atoms with E-state index in [9.17, 15) is 18.0 Å². The molecule has 3 rings (SSSR count). The number of fused-ring (bicyclic) bond motifs is 1. The quantitative estimate of drug-likeness (QED) is 0.640. The molecule has 0 aliphatic carbocycles. The maximum Gasteiger partial charge on any atom is 0.222 e. The predicted octanol–water partition coefficient (Wildman–Crippen LogP) is 0.305. The average Bonchev–Trinajstić information content (AvgIpc) is 3.15. The van der Waals surface area contributed by atoms with Crippen molar-refractivity contribution in [2.24, 2.45) is 0 Å². The van der Waals surface area contributed by atoms with Gasteiger partial charge in [-0.1, -0.05) is 12.1 Å². The van der Waals surface area contributed by atoms with Crippen molar-refractivity contribution >= 4 is 32.7 Å². The van der Waals surface area contributed by atoms with Crippen LogP contribution in [0.15, 0.2) is 24.3 Å². The van der Waals surface area contributed by atoms with Gasteiger partial charge < -0.3 is 15.6 Å². The van der Waals surface area contributed by atoms with Gasteiger partial charge in [0.05, 0.1) is 22.5 Å². The number of sulfone groups is 1. The average molecular weight is 378 g/mol. The molecular formula is C17H22N4O4S. The highest BCUT2D eigenvalue weighted by atomic mass is 32.2. The third kappa shape index (κ3) is 5.04. The second-order valence-corrected chi connectivity index (χ2v) is 8.70. The van der Waals surface area contributed by atoms with Crippen molar-refractivity contribution in [3.63, 3.8) is 0 Å². The zero-order valence-corrected chi connectivity index (χ0v) is 15.1. The lowest BCUT2D eigenvalue weighted by Crippen LogP contribution is -2.37. The number of amides is 2. The lowest BCUT2D eigenvalue weighted by molar-refractivity contribution is -0.122. The number of para-hydroxylation sites is 2. The highest BCUT2D eigenvalue weighted by Crippen LogP contribution is 2.12. The maximum atomic E-state index is 11.9. The van der Waals surface area contributed by atoms with E-state index in [1.165, 1.54) is 0 Å². The lowest BCUT2D eigenvalue weighted by atomic mass is 10.2. The minimum absolute atomic E-state index is 0.00258. The van der Waals surface area contributed by atoms with Crippen LogP contribution in [-0.2, 0) is 25.8 Å². The van der Waals surface area contributed by atoms with Gasteiger partial charge in [-0.05, 0) is 18.6 Å². The van der Waals surface area contributed by atoms with Crippen molar-refractivity contribution in [1.82, 2.24) is 20.6 Å². The zero-order chi connectivity index (χ0) is 18.6. The smallest absolute Gasteiger partial charge is 0.222 e. The van der Waals surface area contributed by atoms with E-state index in [2.05, 4.69) is 20.6 Å². The molecule has 0 bridgehead atoms. The molecule has 8 nitrogen and oxygen atoms in total. The Labute approximate surface area is 151 Å². The topological polar surface area (TPSA) is 121 Å². The van der Waals surface area contributed by atoms with Crippen LogP contribution in [0.5, 0.6) is 0 Å². The van der Waals surface area contributed by atoms with Gasteiger partial charge in [0.1, 0.15) is 5.82 Å². The van der Waals surface area contributed by atoms with E-state index in [1.807, 2.05) is 24.3 Å². The van der Waals surface area contributed by atoms with Crippen molar-refractivity contribution in [2.45, 2.75) is 31.7 Å². The van der Waals surface area contributed by atoms with Crippen molar-refractivity contribution in [3.8, 4) is 0 Å². The van der Waals surface area contributed by atoms with E-state index in [1.54, 1.807) is 0 Å². The molecule has 2 amide bonds. The van der Waals surface area contributed by atoms with Crippen LogP contribution in [0.25, 0.3) is 11.0 Å². The number of benzene rings is 1. The summed E-state index contributed by atoms with van der Waals surface area (Å²) in [5, 5.41) is 5.40. The molecule has 1 saturated heterocycles. The molecule has 9 heteroatoms. The van der Waals surface area contributed by atoms with Crippen LogP contribution in [0.2, 0.25) is 0 Å². The molecule has 3 N–H and O–H groups in total. The third-order valence-electron chi connectivity index (χ3n) is 4.30. The molecule has 2 aromatic rings. The van der Waals surface area contributed by atoms with Gasteiger partial charge in [0.25, 0.3) is 0 Å². The molecule has 1 fully saturated rings. The number of nitrogens with one attached hydrogen (secondary N) is 3. The number of aryl methyl sites for hydroxylation is 1. The van der Waals surface area contributed by atoms with Gasteiger partial charge in [0.15, 0.2) is 9.84 Å². The number of nitrogens with zero attached hydrogens (tertiary/aromatic N) is 1. The summed E-state index contributed by atoms with van der Waals surface area (Å²) in [4.78, 5) is 31.3. The van der Waals surface area contributed by atoms with E-state index in [0.717, 1.165) is 16.9 Å². The number of H-pyrrole nitrogens is 1. The Kier molecular flexibility index (Phi) is 5.55. The normalized spacial score (nSPS) is 18.7. The minimum Gasteiger partial charge on any atom is -0.356 e. The molecule has 2 heterocycles. The second-order valence-electron chi connectivity index (χ2n) is 6.47. The summed E-state index contributed by atoms with van der Waals surface area (Å²) in [5.41, 5.74) is 1.81. The Morgan fingerprint density at radius 1 is 1.19 bits per heavy atom. The van der Waals surface area contributed by atoms with Gasteiger partial charge in [-0.2, -0.15) is 0 Å². The summed E-state index contributed by atoms with van der Waals surface area (Å²) in [6.07, 6.45) is 1.36. The van der Waals surface area contributed by atoms with Crippen molar-refractivity contribution in [1.29, 1.82) is 0 Å². The molecule has 140 valence electrons. The van der Waals surface area contributed by atoms with Crippen molar-refractivity contribution in [2.75, 3.05) is 18.1 Å². The Bertz CT molecular complexity index is 873.